The Morgan fingerprint density at radius 3 is 2.41 bits per heavy atom. The van der Waals surface area contributed by atoms with Crippen LogP contribution in [0.2, 0.25) is 15.1 Å². The lowest BCUT2D eigenvalue weighted by Crippen LogP contribution is -2.53. The molecule has 0 radical (unpaired) electrons. The van der Waals surface area contributed by atoms with E-state index in [1.54, 1.807) is 6.07 Å². The van der Waals surface area contributed by atoms with Crippen molar-refractivity contribution in [1.82, 2.24) is 4.90 Å². The first-order valence-corrected chi connectivity index (χ1v) is 9.97. The standard InChI is InChI=1S/C20H22Cl3N3O/c1-13-3-5-15(6-4-13)26-8-7-25(11-14(26)2)12-20(27)24-19-10-17(22)16(21)9-18(19)23/h3-6,9-10,14H,7-8,11-12H2,1-2H3,(H,24,27). The van der Waals surface area contributed by atoms with Crippen molar-refractivity contribution in [3.05, 3.63) is 57.0 Å². The van der Waals surface area contributed by atoms with Crippen molar-refractivity contribution in [3.8, 4) is 0 Å². The number of halogens is 3. The number of amides is 1. The van der Waals surface area contributed by atoms with Gasteiger partial charge in [0.25, 0.3) is 0 Å². The highest BCUT2D eigenvalue weighted by Gasteiger charge is 2.25. The summed E-state index contributed by atoms with van der Waals surface area (Å²) in [5.74, 6) is -0.119. The third kappa shape index (κ3) is 5.08. The van der Waals surface area contributed by atoms with Crippen LogP contribution in [0, 0.1) is 6.92 Å². The highest BCUT2D eigenvalue weighted by Crippen LogP contribution is 2.32. The Kier molecular flexibility index (Phi) is 6.53. The summed E-state index contributed by atoms with van der Waals surface area (Å²) in [6, 6.07) is 12.0. The van der Waals surface area contributed by atoms with Gasteiger partial charge in [-0.05, 0) is 38.1 Å². The van der Waals surface area contributed by atoms with Crippen LogP contribution in [-0.2, 0) is 4.79 Å². The van der Waals surface area contributed by atoms with E-state index in [0.717, 1.165) is 19.6 Å². The van der Waals surface area contributed by atoms with Gasteiger partial charge in [0, 0.05) is 31.4 Å². The molecule has 0 bridgehead atoms. The molecule has 4 nitrogen and oxygen atoms in total. The van der Waals surface area contributed by atoms with E-state index < -0.39 is 0 Å². The first-order valence-electron chi connectivity index (χ1n) is 8.83. The van der Waals surface area contributed by atoms with Crippen molar-refractivity contribution >= 4 is 52.1 Å². The summed E-state index contributed by atoms with van der Waals surface area (Å²) < 4.78 is 0. The highest BCUT2D eigenvalue weighted by molar-refractivity contribution is 6.44. The number of carbonyl (C=O) groups excluding carboxylic acids is 1. The predicted octanol–water partition coefficient (Wildman–Crippen LogP) is 5.10. The zero-order valence-corrected chi connectivity index (χ0v) is 17.6. The predicted molar refractivity (Wildman–Crippen MR) is 115 cm³/mol. The number of rotatable bonds is 4. The molecule has 1 aliphatic heterocycles. The lowest BCUT2D eigenvalue weighted by Gasteiger charge is -2.41. The number of aryl methyl sites for hydroxylation is 1. The average molecular weight is 427 g/mol. The van der Waals surface area contributed by atoms with E-state index in [4.69, 9.17) is 34.8 Å². The summed E-state index contributed by atoms with van der Waals surface area (Å²) in [6.45, 7) is 7.09. The Labute approximate surface area is 175 Å². The molecule has 1 unspecified atom stereocenters. The molecule has 2 aromatic rings. The quantitative estimate of drug-likeness (QED) is 0.691. The second kappa shape index (κ2) is 8.70. The third-order valence-corrected chi connectivity index (χ3v) is 5.76. The molecular weight excluding hydrogens is 405 g/mol. The summed E-state index contributed by atoms with van der Waals surface area (Å²) >= 11 is 18.1. The topological polar surface area (TPSA) is 35.6 Å². The second-order valence-electron chi connectivity index (χ2n) is 6.91. The zero-order valence-electron chi connectivity index (χ0n) is 15.3. The van der Waals surface area contributed by atoms with Gasteiger partial charge in [-0.15, -0.1) is 0 Å². The molecule has 0 saturated carbocycles. The van der Waals surface area contributed by atoms with Crippen molar-refractivity contribution in [2.45, 2.75) is 19.9 Å². The van der Waals surface area contributed by atoms with Crippen LogP contribution in [0.3, 0.4) is 0 Å². The molecule has 27 heavy (non-hydrogen) atoms. The fraction of sp³-hybridized carbons (Fsp3) is 0.350. The van der Waals surface area contributed by atoms with Gasteiger partial charge in [0.05, 0.1) is 27.3 Å². The number of carbonyl (C=O) groups is 1. The van der Waals surface area contributed by atoms with E-state index in [1.165, 1.54) is 17.3 Å². The molecule has 1 amide bonds. The number of hydrogen-bond donors (Lipinski definition) is 1. The van der Waals surface area contributed by atoms with E-state index in [2.05, 4.69) is 53.2 Å². The summed E-state index contributed by atoms with van der Waals surface area (Å²) in [5.41, 5.74) is 2.95. The van der Waals surface area contributed by atoms with Crippen molar-refractivity contribution < 1.29 is 4.79 Å². The van der Waals surface area contributed by atoms with Gasteiger partial charge >= 0.3 is 0 Å². The minimum absolute atomic E-state index is 0.119. The molecule has 1 aliphatic rings. The monoisotopic (exact) mass is 425 g/mol. The van der Waals surface area contributed by atoms with Gasteiger partial charge in [0.15, 0.2) is 0 Å². The minimum Gasteiger partial charge on any atom is -0.366 e. The molecule has 3 rings (SSSR count). The van der Waals surface area contributed by atoms with Gasteiger partial charge in [-0.25, -0.2) is 0 Å². The molecular formula is C20H22Cl3N3O. The lowest BCUT2D eigenvalue weighted by molar-refractivity contribution is -0.117. The Balaban J connectivity index is 1.57. The number of nitrogens with zero attached hydrogens (tertiary/aromatic N) is 2. The maximum atomic E-state index is 12.4. The van der Waals surface area contributed by atoms with Crippen LogP contribution < -0.4 is 10.2 Å². The molecule has 1 atom stereocenters. The van der Waals surface area contributed by atoms with Gasteiger partial charge in [0.2, 0.25) is 5.91 Å². The Hall–Kier alpha value is -1.46. The fourth-order valence-electron chi connectivity index (χ4n) is 3.31. The molecule has 1 heterocycles. The molecule has 144 valence electrons. The first-order chi connectivity index (χ1) is 12.8. The van der Waals surface area contributed by atoms with Gasteiger partial charge in [-0.1, -0.05) is 52.5 Å². The number of hydrogen-bond acceptors (Lipinski definition) is 3. The third-order valence-electron chi connectivity index (χ3n) is 4.73. The van der Waals surface area contributed by atoms with Gasteiger partial charge < -0.3 is 10.2 Å². The van der Waals surface area contributed by atoms with Crippen LogP contribution in [0.1, 0.15) is 12.5 Å². The average Bonchev–Trinajstić information content (AvgIpc) is 2.61. The first kappa shape index (κ1) is 20.3. The van der Waals surface area contributed by atoms with Crippen molar-refractivity contribution in [3.63, 3.8) is 0 Å². The molecule has 0 aromatic heterocycles. The van der Waals surface area contributed by atoms with Gasteiger partial charge in [0.1, 0.15) is 0 Å². The van der Waals surface area contributed by atoms with Crippen molar-refractivity contribution in [2.24, 2.45) is 0 Å². The molecule has 1 fully saturated rings. The van der Waals surface area contributed by atoms with Crippen LogP contribution in [0.25, 0.3) is 0 Å². The smallest absolute Gasteiger partial charge is 0.238 e. The van der Waals surface area contributed by atoms with E-state index >= 15 is 0 Å². The Morgan fingerprint density at radius 1 is 1.07 bits per heavy atom. The zero-order chi connectivity index (χ0) is 19.6. The van der Waals surface area contributed by atoms with Crippen molar-refractivity contribution in [2.75, 3.05) is 36.4 Å². The molecule has 0 aliphatic carbocycles. The Morgan fingerprint density at radius 2 is 1.74 bits per heavy atom. The number of piperazine rings is 1. The van der Waals surface area contributed by atoms with Crippen LogP contribution in [-0.4, -0.2) is 43.0 Å². The maximum absolute atomic E-state index is 12.4. The van der Waals surface area contributed by atoms with Gasteiger partial charge in [-0.2, -0.15) is 0 Å². The fourth-order valence-corrected chi connectivity index (χ4v) is 3.90. The SMILES string of the molecule is Cc1ccc(N2CCN(CC(=O)Nc3cc(Cl)c(Cl)cc3Cl)CC2C)cc1. The highest BCUT2D eigenvalue weighted by atomic mass is 35.5. The summed E-state index contributed by atoms with van der Waals surface area (Å²) in [5, 5.41) is 3.91. The second-order valence-corrected chi connectivity index (χ2v) is 8.13. The van der Waals surface area contributed by atoms with Crippen LogP contribution in [0.4, 0.5) is 11.4 Å². The number of benzene rings is 2. The molecule has 1 N–H and O–H groups in total. The Bertz CT molecular complexity index is 826. The van der Waals surface area contributed by atoms with Crippen LogP contribution in [0.5, 0.6) is 0 Å². The van der Waals surface area contributed by atoms with Crippen molar-refractivity contribution in [1.29, 1.82) is 0 Å². The van der Waals surface area contributed by atoms with E-state index in [9.17, 15) is 4.79 Å². The number of nitrogens with one attached hydrogen (secondary N) is 1. The molecule has 0 spiro atoms. The maximum Gasteiger partial charge on any atom is 0.238 e. The van der Waals surface area contributed by atoms with Crippen LogP contribution in [0.15, 0.2) is 36.4 Å². The van der Waals surface area contributed by atoms with E-state index in [-0.39, 0.29) is 5.91 Å². The number of anilines is 2. The normalized spacial score (nSPS) is 17.8. The van der Waals surface area contributed by atoms with Gasteiger partial charge in [-0.3, -0.25) is 9.69 Å². The van der Waals surface area contributed by atoms with E-state index in [0.29, 0.717) is 33.3 Å². The minimum atomic E-state index is -0.119. The summed E-state index contributed by atoms with van der Waals surface area (Å²) in [4.78, 5) is 17.0. The molecule has 1 saturated heterocycles. The van der Waals surface area contributed by atoms with E-state index in [1.807, 2.05) is 0 Å². The summed E-state index contributed by atoms with van der Waals surface area (Å²) in [7, 11) is 0. The molecule has 2 aromatic carbocycles. The lowest BCUT2D eigenvalue weighted by atomic mass is 10.1. The summed E-state index contributed by atoms with van der Waals surface area (Å²) in [6.07, 6.45) is 0. The largest absolute Gasteiger partial charge is 0.366 e. The van der Waals surface area contributed by atoms with Crippen LogP contribution >= 0.6 is 34.8 Å². The molecule has 7 heteroatoms.